The smallest absolute Gasteiger partial charge is 0.335 e. The van der Waals surface area contributed by atoms with Crippen molar-refractivity contribution in [3.05, 3.63) is 47.0 Å². The summed E-state index contributed by atoms with van der Waals surface area (Å²) in [5.41, 5.74) is 7.79. The fourth-order valence-corrected chi connectivity index (χ4v) is 2.10. The number of carboxylic acid groups (broad SMARTS) is 1. The van der Waals surface area contributed by atoms with Crippen molar-refractivity contribution in [1.82, 2.24) is 0 Å². The highest BCUT2D eigenvalue weighted by atomic mass is 35.5. The Balaban J connectivity index is 2.64. The van der Waals surface area contributed by atoms with E-state index in [-0.39, 0.29) is 5.56 Å². The van der Waals surface area contributed by atoms with Crippen LogP contribution >= 0.6 is 11.6 Å². The molecule has 0 saturated carbocycles. The Morgan fingerprint density at radius 3 is 2.68 bits per heavy atom. The van der Waals surface area contributed by atoms with E-state index in [1.165, 1.54) is 13.2 Å². The first-order valence-corrected chi connectivity index (χ1v) is 5.87. The maximum absolute atomic E-state index is 11.0. The lowest BCUT2D eigenvalue weighted by atomic mass is 10.0. The lowest BCUT2D eigenvalue weighted by Crippen LogP contribution is -1.98. The number of benzene rings is 2. The molecule has 5 heteroatoms. The van der Waals surface area contributed by atoms with Crippen LogP contribution in [0.2, 0.25) is 5.02 Å². The molecule has 0 atom stereocenters. The fourth-order valence-electron chi connectivity index (χ4n) is 1.88. The summed E-state index contributed by atoms with van der Waals surface area (Å²) in [4.78, 5) is 11.0. The molecule has 2 rings (SSSR count). The molecule has 0 heterocycles. The van der Waals surface area contributed by atoms with E-state index in [1.807, 2.05) is 0 Å². The quantitative estimate of drug-likeness (QED) is 0.845. The van der Waals surface area contributed by atoms with Crippen LogP contribution in [0.3, 0.4) is 0 Å². The summed E-state index contributed by atoms with van der Waals surface area (Å²) in [6.45, 7) is 0. The molecule has 2 aromatic carbocycles. The van der Waals surface area contributed by atoms with Gasteiger partial charge in [0.25, 0.3) is 0 Å². The molecule has 0 spiro atoms. The summed E-state index contributed by atoms with van der Waals surface area (Å²) >= 11 is 5.98. The van der Waals surface area contributed by atoms with Crippen LogP contribution in [0.4, 0.5) is 5.69 Å². The number of hydrogen-bond acceptors (Lipinski definition) is 3. The van der Waals surface area contributed by atoms with Crippen molar-refractivity contribution >= 4 is 23.3 Å². The molecule has 0 aliphatic rings. The first-order valence-electron chi connectivity index (χ1n) is 5.49. The number of nitrogen functional groups attached to an aromatic ring is 1. The van der Waals surface area contributed by atoms with E-state index < -0.39 is 5.97 Å². The number of aromatic carboxylic acids is 1. The molecule has 0 amide bonds. The highest BCUT2D eigenvalue weighted by molar-refractivity contribution is 6.31. The molecule has 4 nitrogen and oxygen atoms in total. The molecular formula is C14H12ClNO3. The highest BCUT2D eigenvalue weighted by Crippen LogP contribution is 2.37. The molecule has 19 heavy (non-hydrogen) atoms. The molecule has 3 N–H and O–H groups in total. The minimum atomic E-state index is -0.990. The third-order valence-electron chi connectivity index (χ3n) is 2.71. The summed E-state index contributed by atoms with van der Waals surface area (Å²) in [5.74, 6) is -0.511. The van der Waals surface area contributed by atoms with Gasteiger partial charge in [0, 0.05) is 10.6 Å². The number of carboxylic acids is 1. The van der Waals surface area contributed by atoms with E-state index in [0.717, 1.165) is 0 Å². The Hall–Kier alpha value is -2.20. The standard InChI is InChI=1S/C14H12ClNO3/c1-19-13-11(6-10(15)7-12(13)16)8-3-2-4-9(5-8)14(17)18/h2-7H,16H2,1H3,(H,17,18). The monoisotopic (exact) mass is 277 g/mol. The van der Waals surface area contributed by atoms with Crippen LogP contribution in [-0.2, 0) is 0 Å². The molecule has 2 aromatic rings. The van der Waals surface area contributed by atoms with Gasteiger partial charge in [-0.2, -0.15) is 0 Å². The molecule has 0 aliphatic heterocycles. The molecule has 0 radical (unpaired) electrons. The second-order valence-corrected chi connectivity index (χ2v) is 4.40. The van der Waals surface area contributed by atoms with Gasteiger partial charge in [-0.25, -0.2) is 4.79 Å². The molecule has 0 unspecified atom stereocenters. The van der Waals surface area contributed by atoms with E-state index in [9.17, 15) is 4.79 Å². The van der Waals surface area contributed by atoms with Gasteiger partial charge in [-0.1, -0.05) is 23.7 Å². The van der Waals surface area contributed by atoms with Gasteiger partial charge in [0.1, 0.15) is 5.75 Å². The Kier molecular flexibility index (Phi) is 3.62. The maximum Gasteiger partial charge on any atom is 0.335 e. The normalized spacial score (nSPS) is 10.2. The minimum Gasteiger partial charge on any atom is -0.494 e. The summed E-state index contributed by atoms with van der Waals surface area (Å²) in [5, 5.41) is 9.48. The molecule has 0 fully saturated rings. The van der Waals surface area contributed by atoms with Gasteiger partial charge >= 0.3 is 5.97 Å². The van der Waals surface area contributed by atoms with Crippen molar-refractivity contribution in [3.63, 3.8) is 0 Å². The van der Waals surface area contributed by atoms with Gasteiger partial charge in [-0.15, -0.1) is 0 Å². The maximum atomic E-state index is 11.0. The average molecular weight is 278 g/mol. The zero-order valence-electron chi connectivity index (χ0n) is 10.2. The Morgan fingerprint density at radius 2 is 2.05 bits per heavy atom. The summed E-state index contributed by atoms with van der Waals surface area (Å²) in [6, 6.07) is 9.79. The fraction of sp³-hybridized carbons (Fsp3) is 0.0714. The topological polar surface area (TPSA) is 72.5 Å². The molecule has 98 valence electrons. The van der Waals surface area contributed by atoms with Gasteiger partial charge in [-0.05, 0) is 29.8 Å². The van der Waals surface area contributed by atoms with Crippen LogP contribution in [-0.4, -0.2) is 18.2 Å². The van der Waals surface area contributed by atoms with Crippen LogP contribution in [0.1, 0.15) is 10.4 Å². The van der Waals surface area contributed by atoms with Crippen molar-refractivity contribution in [2.75, 3.05) is 12.8 Å². The summed E-state index contributed by atoms with van der Waals surface area (Å²) < 4.78 is 5.25. The zero-order chi connectivity index (χ0) is 14.0. The van der Waals surface area contributed by atoms with Crippen molar-refractivity contribution in [1.29, 1.82) is 0 Å². The minimum absolute atomic E-state index is 0.193. The predicted octanol–water partition coefficient (Wildman–Crippen LogP) is 3.30. The predicted molar refractivity (Wildman–Crippen MR) is 74.8 cm³/mol. The van der Waals surface area contributed by atoms with Crippen molar-refractivity contribution in [3.8, 4) is 16.9 Å². The first-order chi connectivity index (χ1) is 9.02. The second-order valence-electron chi connectivity index (χ2n) is 3.96. The number of rotatable bonds is 3. The van der Waals surface area contributed by atoms with E-state index in [1.54, 1.807) is 30.3 Å². The largest absolute Gasteiger partial charge is 0.494 e. The molecule has 0 bridgehead atoms. The van der Waals surface area contributed by atoms with E-state index in [4.69, 9.17) is 27.2 Å². The SMILES string of the molecule is COc1c(N)cc(Cl)cc1-c1cccc(C(=O)O)c1. The average Bonchev–Trinajstić information content (AvgIpc) is 2.38. The molecule has 0 aromatic heterocycles. The van der Waals surface area contributed by atoms with Gasteiger partial charge in [-0.3, -0.25) is 0 Å². The molecule has 0 saturated heterocycles. The van der Waals surface area contributed by atoms with E-state index in [0.29, 0.717) is 27.6 Å². The lowest BCUT2D eigenvalue weighted by molar-refractivity contribution is 0.0697. The van der Waals surface area contributed by atoms with Crippen molar-refractivity contribution in [2.45, 2.75) is 0 Å². The summed E-state index contributed by atoms with van der Waals surface area (Å²) in [6.07, 6.45) is 0. The van der Waals surface area contributed by atoms with Crippen LogP contribution in [0.5, 0.6) is 5.75 Å². The number of nitrogens with two attached hydrogens (primary N) is 1. The summed E-state index contributed by atoms with van der Waals surface area (Å²) in [7, 11) is 1.50. The van der Waals surface area contributed by atoms with E-state index >= 15 is 0 Å². The number of methoxy groups -OCH3 is 1. The molecular weight excluding hydrogens is 266 g/mol. The Bertz CT molecular complexity index is 641. The number of anilines is 1. The van der Waals surface area contributed by atoms with Crippen LogP contribution in [0, 0.1) is 0 Å². The van der Waals surface area contributed by atoms with Crippen LogP contribution in [0.15, 0.2) is 36.4 Å². The number of carbonyl (C=O) groups is 1. The third-order valence-corrected chi connectivity index (χ3v) is 2.93. The second kappa shape index (κ2) is 5.20. The van der Waals surface area contributed by atoms with Crippen LogP contribution in [0.25, 0.3) is 11.1 Å². The van der Waals surface area contributed by atoms with Gasteiger partial charge in [0.2, 0.25) is 0 Å². The van der Waals surface area contributed by atoms with Gasteiger partial charge in [0.05, 0.1) is 18.4 Å². The number of ether oxygens (including phenoxy) is 1. The van der Waals surface area contributed by atoms with E-state index in [2.05, 4.69) is 0 Å². The Labute approximate surface area is 115 Å². The third kappa shape index (κ3) is 2.63. The molecule has 0 aliphatic carbocycles. The number of hydrogen-bond donors (Lipinski definition) is 2. The van der Waals surface area contributed by atoms with Crippen molar-refractivity contribution in [2.24, 2.45) is 0 Å². The van der Waals surface area contributed by atoms with Gasteiger partial charge in [0.15, 0.2) is 0 Å². The lowest BCUT2D eigenvalue weighted by Gasteiger charge is -2.12. The number of halogens is 1. The Morgan fingerprint density at radius 1 is 1.32 bits per heavy atom. The van der Waals surface area contributed by atoms with Crippen molar-refractivity contribution < 1.29 is 14.6 Å². The zero-order valence-corrected chi connectivity index (χ0v) is 10.9. The van der Waals surface area contributed by atoms with Crippen LogP contribution < -0.4 is 10.5 Å². The highest BCUT2D eigenvalue weighted by Gasteiger charge is 2.12. The first kappa shape index (κ1) is 13.2. The van der Waals surface area contributed by atoms with Gasteiger partial charge < -0.3 is 15.6 Å².